The topological polar surface area (TPSA) is 88.2 Å². The number of thiophene rings is 1. The SMILES string of the molecule is COc1ccc(NS(=O)(=O)c2cc(Br)c(Cl)s2)cc1N1CCN(C(=O)OC(C)(C)C)CC1. The lowest BCUT2D eigenvalue weighted by atomic mass is 10.2. The van der Waals surface area contributed by atoms with Crippen molar-refractivity contribution in [3.8, 4) is 5.75 Å². The molecule has 3 rings (SSSR count). The number of ether oxygens (including phenoxy) is 2. The van der Waals surface area contributed by atoms with Gasteiger partial charge in [0.25, 0.3) is 10.0 Å². The maximum atomic E-state index is 12.8. The van der Waals surface area contributed by atoms with Crippen LogP contribution in [0.2, 0.25) is 4.34 Å². The van der Waals surface area contributed by atoms with Crippen molar-refractivity contribution in [3.63, 3.8) is 0 Å². The summed E-state index contributed by atoms with van der Waals surface area (Å²) in [7, 11) is -2.23. The lowest BCUT2D eigenvalue weighted by Crippen LogP contribution is -2.50. The summed E-state index contributed by atoms with van der Waals surface area (Å²) in [6.07, 6.45) is -0.341. The van der Waals surface area contributed by atoms with Crippen molar-refractivity contribution in [2.45, 2.75) is 30.6 Å². The van der Waals surface area contributed by atoms with Crippen LogP contribution in [-0.4, -0.2) is 58.3 Å². The lowest BCUT2D eigenvalue weighted by molar-refractivity contribution is 0.0240. The molecule has 12 heteroatoms. The Morgan fingerprint density at radius 1 is 1.19 bits per heavy atom. The zero-order chi connectivity index (χ0) is 23.7. The molecule has 1 aliphatic heterocycles. The van der Waals surface area contributed by atoms with Crippen LogP contribution in [0, 0.1) is 0 Å². The van der Waals surface area contributed by atoms with E-state index in [1.807, 2.05) is 20.8 Å². The minimum atomic E-state index is -3.79. The molecule has 1 N–H and O–H groups in total. The van der Waals surface area contributed by atoms with Crippen molar-refractivity contribution in [1.82, 2.24) is 4.90 Å². The molecule has 32 heavy (non-hydrogen) atoms. The van der Waals surface area contributed by atoms with E-state index in [0.717, 1.165) is 17.0 Å². The Morgan fingerprint density at radius 2 is 1.84 bits per heavy atom. The van der Waals surface area contributed by atoms with Gasteiger partial charge in [0, 0.05) is 30.7 Å². The first kappa shape index (κ1) is 24.9. The molecule has 0 saturated carbocycles. The minimum absolute atomic E-state index is 0.109. The molecule has 1 saturated heterocycles. The predicted octanol–water partition coefficient (Wildman–Crippen LogP) is 5.03. The highest BCUT2D eigenvalue weighted by Gasteiger charge is 2.27. The van der Waals surface area contributed by atoms with E-state index in [1.54, 1.807) is 30.2 Å². The number of halogens is 2. The Labute approximate surface area is 205 Å². The fourth-order valence-corrected chi connectivity index (χ4v) is 6.47. The predicted molar refractivity (Wildman–Crippen MR) is 131 cm³/mol. The summed E-state index contributed by atoms with van der Waals surface area (Å²) in [6, 6.07) is 6.55. The molecular formula is C20H25BrClN3O5S2. The van der Waals surface area contributed by atoms with E-state index < -0.39 is 15.6 Å². The third-order valence-electron chi connectivity index (χ3n) is 4.59. The molecule has 1 aromatic carbocycles. The van der Waals surface area contributed by atoms with Crippen LogP contribution in [0.3, 0.4) is 0 Å². The van der Waals surface area contributed by atoms with Gasteiger partial charge in [0.2, 0.25) is 0 Å². The van der Waals surface area contributed by atoms with Gasteiger partial charge in [0.05, 0.1) is 18.5 Å². The van der Waals surface area contributed by atoms with Gasteiger partial charge in [-0.25, -0.2) is 13.2 Å². The van der Waals surface area contributed by atoms with Crippen molar-refractivity contribution in [3.05, 3.63) is 33.1 Å². The van der Waals surface area contributed by atoms with Crippen LogP contribution in [0.5, 0.6) is 5.75 Å². The molecule has 8 nitrogen and oxygen atoms in total. The quantitative estimate of drug-likeness (QED) is 0.546. The van der Waals surface area contributed by atoms with E-state index in [4.69, 9.17) is 21.1 Å². The van der Waals surface area contributed by atoms with Crippen LogP contribution in [0.25, 0.3) is 0 Å². The lowest BCUT2D eigenvalue weighted by Gasteiger charge is -2.37. The second kappa shape index (κ2) is 9.66. The normalized spacial score (nSPS) is 14.9. The molecule has 0 spiro atoms. The molecule has 1 fully saturated rings. The van der Waals surface area contributed by atoms with Gasteiger partial charge in [-0.05, 0) is 61.0 Å². The standard InChI is InChI=1S/C20H25BrClN3O5S2/c1-20(2,3)30-19(26)25-9-7-24(8-10-25)15-11-13(5-6-16(15)29-4)23-32(27,28)17-12-14(21)18(22)31-17/h5-6,11-12,23H,7-10H2,1-4H3. The number of nitrogens with one attached hydrogen (secondary N) is 1. The van der Waals surface area contributed by atoms with Crippen LogP contribution in [0.4, 0.5) is 16.2 Å². The molecule has 2 heterocycles. The fourth-order valence-electron chi connectivity index (χ4n) is 3.12. The van der Waals surface area contributed by atoms with E-state index >= 15 is 0 Å². The van der Waals surface area contributed by atoms with Gasteiger partial charge in [-0.3, -0.25) is 4.72 Å². The second-order valence-corrected chi connectivity index (χ2v) is 12.6. The maximum absolute atomic E-state index is 12.8. The van der Waals surface area contributed by atoms with Gasteiger partial charge in [-0.15, -0.1) is 11.3 Å². The molecule has 1 aromatic heterocycles. The van der Waals surface area contributed by atoms with E-state index in [-0.39, 0.29) is 10.3 Å². The third kappa shape index (κ3) is 6.00. The monoisotopic (exact) mass is 565 g/mol. The highest BCUT2D eigenvalue weighted by molar-refractivity contribution is 9.10. The molecule has 0 radical (unpaired) electrons. The Balaban J connectivity index is 1.75. The van der Waals surface area contributed by atoms with Crippen LogP contribution in [-0.2, 0) is 14.8 Å². The highest BCUT2D eigenvalue weighted by atomic mass is 79.9. The minimum Gasteiger partial charge on any atom is -0.495 e. The summed E-state index contributed by atoms with van der Waals surface area (Å²) in [5.74, 6) is 0.612. The highest BCUT2D eigenvalue weighted by Crippen LogP contribution is 2.37. The number of methoxy groups -OCH3 is 1. The van der Waals surface area contributed by atoms with Crippen molar-refractivity contribution >= 4 is 66.4 Å². The first-order chi connectivity index (χ1) is 14.9. The summed E-state index contributed by atoms with van der Waals surface area (Å²) in [4.78, 5) is 16.0. The van der Waals surface area contributed by atoms with Crippen molar-refractivity contribution in [1.29, 1.82) is 0 Å². The Kier molecular flexibility index (Phi) is 7.53. The van der Waals surface area contributed by atoms with Crippen molar-refractivity contribution < 1.29 is 22.7 Å². The largest absolute Gasteiger partial charge is 0.495 e. The first-order valence-electron chi connectivity index (χ1n) is 9.78. The number of amides is 1. The average Bonchev–Trinajstić information content (AvgIpc) is 3.06. The zero-order valence-electron chi connectivity index (χ0n) is 18.1. The molecule has 1 aliphatic rings. The van der Waals surface area contributed by atoms with Gasteiger partial charge < -0.3 is 19.3 Å². The van der Waals surface area contributed by atoms with Gasteiger partial charge >= 0.3 is 6.09 Å². The zero-order valence-corrected chi connectivity index (χ0v) is 22.1. The summed E-state index contributed by atoms with van der Waals surface area (Å²) in [6.45, 7) is 7.58. The average molecular weight is 567 g/mol. The van der Waals surface area contributed by atoms with E-state index in [9.17, 15) is 13.2 Å². The van der Waals surface area contributed by atoms with Crippen LogP contribution in [0.1, 0.15) is 20.8 Å². The summed E-state index contributed by atoms with van der Waals surface area (Å²) in [5.41, 5.74) is 0.587. The van der Waals surface area contributed by atoms with Crippen LogP contribution in [0.15, 0.2) is 32.9 Å². The van der Waals surface area contributed by atoms with E-state index in [1.165, 1.54) is 6.07 Å². The summed E-state index contributed by atoms with van der Waals surface area (Å²) in [5, 5.41) is 0. The Hall–Kier alpha value is -1.69. The molecule has 0 bridgehead atoms. The first-order valence-corrected chi connectivity index (χ1v) is 13.3. The summed E-state index contributed by atoms with van der Waals surface area (Å²) >= 11 is 10.2. The fraction of sp³-hybridized carbons (Fsp3) is 0.450. The molecule has 1 amide bonds. The van der Waals surface area contributed by atoms with E-state index in [2.05, 4.69) is 25.6 Å². The van der Waals surface area contributed by atoms with Crippen LogP contribution < -0.4 is 14.4 Å². The number of benzene rings is 1. The number of nitrogens with zero attached hydrogens (tertiary/aromatic N) is 2. The maximum Gasteiger partial charge on any atom is 0.410 e. The molecule has 0 atom stereocenters. The van der Waals surface area contributed by atoms with Gasteiger partial charge in [-0.2, -0.15) is 0 Å². The molecular weight excluding hydrogens is 542 g/mol. The number of sulfonamides is 1. The molecule has 0 aliphatic carbocycles. The number of anilines is 2. The molecule has 2 aromatic rings. The molecule has 176 valence electrons. The second-order valence-electron chi connectivity index (χ2n) is 8.13. The number of hydrogen-bond acceptors (Lipinski definition) is 7. The summed E-state index contributed by atoms with van der Waals surface area (Å²) < 4.78 is 40.0. The smallest absolute Gasteiger partial charge is 0.410 e. The van der Waals surface area contributed by atoms with Crippen molar-refractivity contribution in [2.75, 3.05) is 42.9 Å². The third-order valence-corrected chi connectivity index (χ3v) is 8.92. The van der Waals surface area contributed by atoms with Gasteiger partial charge in [0.1, 0.15) is 19.9 Å². The number of piperazine rings is 1. The number of rotatable bonds is 5. The Bertz CT molecular complexity index is 1070. The number of carbonyl (C=O) groups excluding carboxylic acids is 1. The number of carbonyl (C=O) groups is 1. The van der Waals surface area contributed by atoms with E-state index in [0.29, 0.717) is 46.4 Å². The Morgan fingerprint density at radius 3 is 2.38 bits per heavy atom. The van der Waals surface area contributed by atoms with Crippen LogP contribution >= 0.6 is 38.9 Å². The van der Waals surface area contributed by atoms with Gasteiger partial charge in [0.15, 0.2) is 0 Å². The molecule has 0 unspecified atom stereocenters. The van der Waals surface area contributed by atoms with Gasteiger partial charge in [-0.1, -0.05) is 11.6 Å². The number of hydrogen-bond donors (Lipinski definition) is 1. The van der Waals surface area contributed by atoms with Crippen molar-refractivity contribution in [2.24, 2.45) is 0 Å².